The minimum Gasteiger partial charge on any atom is -0.382 e. The predicted molar refractivity (Wildman–Crippen MR) is 78.9 cm³/mol. The van der Waals surface area contributed by atoms with E-state index in [0.717, 1.165) is 25.3 Å². The van der Waals surface area contributed by atoms with Crippen molar-refractivity contribution in [2.75, 3.05) is 5.32 Å². The van der Waals surface area contributed by atoms with Crippen molar-refractivity contribution in [3.05, 3.63) is 69.5 Å². The van der Waals surface area contributed by atoms with E-state index < -0.39 is 16.4 Å². The van der Waals surface area contributed by atoms with Gasteiger partial charge in [0.2, 0.25) is 5.82 Å². The van der Waals surface area contributed by atoms with Crippen molar-refractivity contribution in [2.45, 2.75) is 25.3 Å². The first-order valence-corrected chi connectivity index (χ1v) is 6.91. The molecule has 0 fully saturated rings. The number of nitrogens with one attached hydrogen (secondary N) is 1. The van der Waals surface area contributed by atoms with Crippen molar-refractivity contribution in [3.63, 3.8) is 0 Å². The zero-order valence-corrected chi connectivity index (χ0v) is 11.4. The molecule has 4 nitrogen and oxygen atoms in total. The van der Waals surface area contributed by atoms with Gasteiger partial charge in [0.15, 0.2) is 0 Å². The lowest BCUT2D eigenvalue weighted by atomic mass is 9.88. The fourth-order valence-electron chi connectivity index (χ4n) is 2.80. The van der Waals surface area contributed by atoms with Crippen LogP contribution >= 0.6 is 0 Å². The maximum absolute atomic E-state index is 13.3. The minimum absolute atomic E-state index is 0.213. The molecule has 0 radical (unpaired) electrons. The van der Waals surface area contributed by atoms with Crippen molar-refractivity contribution in [1.82, 2.24) is 0 Å². The first-order valence-electron chi connectivity index (χ1n) is 6.91. The number of hydrogen-bond acceptors (Lipinski definition) is 3. The highest BCUT2D eigenvalue weighted by atomic mass is 19.1. The van der Waals surface area contributed by atoms with E-state index in [1.54, 1.807) is 6.07 Å². The molecule has 0 spiro atoms. The Morgan fingerprint density at radius 3 is 2.71 bits per heavy atom. The molecule has 21 heavy (non-hydrogen) atoms. The second-order valence-corrected chi connectivity index (χ2v) is 5.28. The molecule has 3 rings (SSSR count). The molecule has 1 aliphatic carbocycles. The van der Waals surface area contributed by atoms with E-state index in [-0.39, 0.29) is 6.04 Å². The Hall–Kier alpha value is -2.43. The van der Waals surface area contributed by atoms with E-state index >= 15 is 0 Å². The van der Waals surface area contributed by atoms with Gasteiger partial charge >= 0.3 is 5.69 Å². The first-order chi connectivity index (χ1) is 10.1. The van der Waals surface area contributed by atoms with Crippen LogP contribution in [0, 0.1) is 15.9 Å². The van der Waals surface area contributed by atoms with E-state index in [0.29, 0.717) is 5.69 Å². The van der Waals surface area contributed by atoms with E-state index in [1.165, 1.54) is 17.2 Å². The van der Waals surface area contributed by atoms with E-state index in [1.807, 2.05) is 12.1 Å². The van der Waals surface area contributed by atoms with Crippen LogP contribution in [-0.4, -0.2) is 11.0 Å². The largest absolute Gasteiger partial charge is 0.382 e. The summed E-state index contributed by atoms with van der Waals surface area (Å²) in [5.41, 5.74) is 2.77. The summed E-state index contributed by atoms with van der Waals surface area (Å²) in [6.07, 6.45) is 2.82. The standard InChI is InChI=1S/C16H15FN2O2/c17-15-8-7-14(10-16(15)19(20)21)18-13-6-5-11-3-1-2-4-12(11)9-13/h1-4,7-8,10,13,18H,5-6,9H2. The SMILES string of the molecule is O=[N+]([O-])c1cc(NC2CCc3ccccc3C2)ccc1F. The summed E-state index contributed by atoms with van der Waals surface area (Å²) >= 11 is 0. The van der Waals surface area contributed by atoms with Crippen molar-refractivity contribution in [3.8, 4) is 0 Å². The average Bonchev–Trinajstić information content (AvgIpc) is 2.49. The molecule has 2 aromatic carbocycles. The molecular weight excluding hydrogens is 271 g/mol. The Bertz CT molecular complexity index is 688. The van der Waals surface area contributed by atoms with Gasteiger partial charge in [0, 0.05) is 17.8 Å². The van der Waals surface area contributed by atoms with E-state index in [2.05, 4.69) is 17.4 Å². The lowest BCUT2D eigenvalue weighted by molar-refractivity contribution is -0.387. The number of hydrogen-bond donors (Lipinski definition) is 1. The molecular formula is C16H15FN2O2. The first kappa shape index (κ1) is 13.5. The Labute approximate surface area is 121 Å². The molecule has 1 unspecified atom stereocenters. The van der Waals surface area contributed by atoms with Crippen molar-refractivity contribution >= 4 is 11.4 Å². The number of aryl methyl sites for hydroxylation is 1. The van der Waals surface area contributed by atoms with Crippen LogP contribution in [0.3, 0.4) is 0 Å². The monoisotopic (exact) mass is 286 g/mol. The van der Waals surface area contributed by atoms with Gasteiger partial charge in [-0.3, -0.25) is 10.1 Å². The number of halogens is 1. The molecule has 108 valence electrons. The third-order valence-corrected chi connectivity index (χ3v) is 3.86. The number of fused-ring (bicyclic) bond motifs is 1. The quantitative estimate of drug-likeness (QED) is 0.691. The number of nitrogens with zero attached hydrogens (tertiary/aromatic N) is 1. The van der Waals surface area contributed by atoms with Crippen LogP contribution in [0.5, 0.6) is 0 Å². The summed E-state index contributed by atoms with van der Waals surface area (Å²) in [6.45, 7) is 0. The molecule has 2 aromatic rings. The maximum atomic E-state index is 13.3. The summed E-state index contributed by atoms with van der Waals surface area (Å²) < 4.78 is 13.3. The number of anilines is 1. The highest BCUT2D eigenvalue weighted by molar-refractivity contribution is 5.52. The van der Waals surface area contributed by atoms with Crippen LogP contribution in [0.25, 0.3) is 0 Å². The van der Waals surface area contributed by atoms with Gasteiger partial charge in [-0.2, -0.15) is 4.39 Å². The average molecular weight is 286 g/mol. The summed E-state index contributed by atoms with van der Waals surface area (Å²) in [4.78, 5) is 10.1. The fourth-order valence-corrected chi connectivity index (χ4v) is 2.80. The summed E-state index contributed by atoms with van der Waals surface area (Å²) in [5, 5.41) is 14.0. The number of nitro groups is 1. The molecule has 0 aliphatic heterocycles. The van der Waals surface area contributed by atoms with Gasteiger partial charge in [-0.05, 0) is 42.5 Å². The topological polar surface area (TPSA) is 55.2 Å². The molecule has 0 saturated carbocycles. The van der Waals surface area contributed by atoms with Crippen LogP contribution in [0.1, 0.15) is 17.5 Å². The van der Waals surface area contributed by atoms with Gasteiger partial charge in [0.25, 0.3) is 0 Å². The zero-order chi connectivity index (χ0) is 14.8. The third-order valence-electron chi connectivity index (χ3n) is 3.86. The van der Waals surface area contributed by atoms with Crippen LogP contribution < -0.4 is 5.32 Å². The molecule has 0 saturated heterocycles. The van der Waals surface area contributed by atoms with Crippen molar-refractivity contribution < 1.29 is 9.31 Å². The zero-order valence-electron chi connectivity index (χ0n) is 11.4. The number of benzene rings is 2. The van der Waals surface area contributed by atoms with Gasteiger partial charge in [-0.15, -0.1) is 0 Å². The minimum atomic E-state index is -0.806. The predicted octanol–water partition coefficient (Wildman–Crippen LogP) is 3.70. The maximum Gasteiger partial charge on any atom is 0.306 e. The van der Waals surface area contributed by atoms with Crippen LogP contribution in [0.15, 0.2) is 42.5 Å². The molecule has 5 heteroatoms. The van der Waals surface area contributed by atoms with Gasteiger partial charge in [0.05, 0.1) is 4.92 Å². The van der Waals surface area contributed by atoms with Crippen LogP contribution in [0.4, 0.5) is 15.8 Å². The van der Waals surface area contributed by atoms with E-state index in [9.17, 15) is 14.5 Å². The Morgan fingerprint density at radius 2 is 1.95 bits per heavy atom. The van der Waals surface area contributed by atoms with E-state index in [4.69, 9.17) is 0 Å². The van der Waals surface area contributed by atoms with Crippen molar-refractivity contribution in [1.29, 1.82) is 0 Å². The second kappa shape index (κ2) is 5.52. The van der Waals surface area contributed by atoms with Crippen LogP contribution in [0.2, 0.25) is 0 Å². The highest BCUT2D eigenvalue weighted by Gasteiger charge is 2.20. The van der Waals surface area contributed by atoms with Gasteiger partial charge in [0.1, 0.15) is 0 Å². The van der Waals surface area contributed by atoms with Crippen molar-refractivity contribution in [2.24, 2.45) is 0 Å². The fraction of sp³-hybridized carbons (Fsp3) is 0.250. The van der Waals surface area contributed by atoms with Gasteiger partial charge in [-0.1, -0.05) is 24.3 Å². The van der Waals surface area contributed by atoms with Crippen LogP contribution in [-0.2, 0) is 12.8 Å². The Kier molecular flexibility index (Phi) is 3.56. The lowest BCUT2D eigenvalue weighted by Gasteiger charge is -2.26. The Balaban J connectivity index is 1.76. The molecule has 0 heterocycles. The molecule has 0 aromatic heterocycles. The number of nitro benzene ring substituents is 1. The summed E-state index contributed by atoms with van der Waals surface area (Å²) in [6, 6.07) is 12.4. The highest BCUT2D eigenvalue weighted by Crippen LogP contribution is 2.26. The van der Waals surface area contributed by atoms with Gasteiger partial charge in [-0.25, -0.2) is 0 Å². The molecule has 0 amide bonds. The molecule has 1 N–H and O–H groups in total. The summed E-state index contributed by atoms with van der Waals surface area (Å²) in [5.74, 6) is -0.806. The molecule has 1 aliphatic rings. The van der Waals surface area contributed by atoms with Gasteiger partial charge < -0.3 is 5.32 Å². The Morgan fingerprint density at radius 1 is 1.19 bits per heavy atom. The third kappa shape index (κ3) is 2.86. The number of rotatable bonds is 3. The molecule has 1 atom stereocenters. The normalized spacial score (nSPS) is 17.1. The lowest BCUT2D eigenvalue weighted by Crippen LogP contribution is -2.27. The molecule has 0 bridgehead atoms. The summed E-state index contributed by atoms with van der Waals surface area (Å²) in [7, 11) is 0. The second-order valence-electron chi connectivity index (χ2n) is 5.28. The smallest absolute Gasteiger partial charge is 0.306 e.